The number of pyridine rings is 1. The number of aromatic nitrogens is 1. The van der Waals surface area contributed by atoms with Gasteiger partial charge in [-0.25, -0.2) is 22.2 Å². The second-order valence-corrected chi connectivity index (χ2v) is 12.2. The highest BCUT2D eigenvalue weighted by molar-refractivity contribution is 7.98. The molecule has 0 unspecified atom stereocenters. The summed E-state index contributed by atoms with van der Waals surface area (Å²) >= 11 is 1.25. The first kappa shape index (κ1) is 26.6. The number of para-hydroxylation sites is 1. The van der Waals surface area contributed by atoms with E-state index in [2.05, 4.69) is 4.98 Å². The molecule has 1 fully saturated rings. The number of carbonyl (C=O) groups is 1. The summed E-state index contributed by atoms with van der Waals surface area (Å²) in [6, 6.07) is 9.70. The summed E-state index contributed by atoms with van der Waals surface area (Å²) in [5.41, 5.74) is -0.293. The number of rotatable bonds is 9. The highest BCUT2D eigenvalue weighted by Crippen LogP contribution is 2.47. The smallest absolute Gasteiger partial charge is 0.313 e. The molecule has 1 saturated carbocycles. The van der Waals surface area contributed by atoms with Crippen molar-refractivity contribution in [2.75, 3.05) is 31.4 Å². The number of likely N-dealkylation sites (N-methyl/N-ethyl adjacent to an activating group) is 1. The van der Waals surface area contributed by atoms with E-state index in [0.29, 0.717) is 23.6 Å². The van der Waals surface area contributed by atoms with Crippen molar-refractivity contribution in [2.45, 2.75) is 54.5 Å². The molecule has 2 heterocycles. The van der Waals surface area contributed by atoms with Gasteiger partial charge in [-0.1, -0.05) is 18.2 Å². The van der Waals surface area contributed by atoms with Crippen LogP contribution in [-0.4, -0.2) is 67.2 Å². The lowest BCUT2D eigenvalue weighted by molar-refractivity contribution is -0.144. The molecule has 36 heavy (non-hydrogen) atoms. The minimum absolute atomic E-state index is 0.0452. The third-order valence-electron chi connectivity index (χ3n) is 6.71. The molecule has 12 heteroatoms. The topological polar surface area (TPSA) is 100 Å². The number of anilines is 2. The van der Waals surface area contributed by atoms with Gasteiger partial charge in [-0.05, 0) is 44.6 Å². The molecule has 8 nitrogen and oxygen atoms in total. The monoisotopic (exact) mass is 541 g/mol. The van der Waals surface area contributed by atoms with Gasteiger partial charge in [0.1, 0.15) is 21.9 Å². The van der Waals surface area contributed by atoms with Crippen molar-refractivity contribution in [3.8, 4) is 5.75 Å². The van der Waals surface area contributed by atoms with E-state index < -0.39 is 39.8 Å². The molecule has 0 bridgehead atoms. The number of aliphatic carboxylic acids is 1. The van der Waals surface area contributed by atoms with Crippen LogP contribution in [0.5, 0.6) is 5.75 Å². The Bertz CT molecular complexity index is 1230. The van der Waals surface area contributed by atoms with Gasteiger partial charge >= 0.3 is 5.97 Å². The zero-order valence-corrected chi connectivity index (χ0v) is 21.9. The fourth-order valence-electron chi connectivity index (χ4n) is 4.16. The fraction of sp³-hybridized carbons (Fsp3) is 0.500. The van der Waals surface area contributed by atoms with E-state index in [9.17, 15) is 27.1 Å². The lowest BCUT2D eigenvalue weighted by Crippen LogP contribution is -2.41. The molecule has 1 aliphatic carbocycles. The summed E-state index contributed by atoms with van der Waals surface area (Å²) in [4.78, 5) is 17.9. The van der Waals surface area contributed by atoms with Crippen LogP contribution in [0.4, 0.5) is 20.3 Å². The number of halogens is 2. The Balaban J connectivity index is 1.80. The van der Waals surface area contributed by atoms with Crippen LogP contribution in [0.2, 0.25) is 0 Å². The number of hydrogen-bond acceptors (Lipinski definition) is 7. The number of carboxylic acid groups (broad SMARTS) is 1. The number of fused-ring (bicyclic) bond motifs is 1. The fourth-order valence-corrected chi connectivity index (χ4v) is 6.18. The first-order valence-corrected chi connectivity index (χ1v) is 14.2. The maximum atomic E-state index is 13.7. The summed E-state index contributed by atoms with van der Waals surface area (Å²) in [7, 11) is -2.75. The number of alkyl halides is 2. The van der Waals surface area contributed by atoms with Crippen LogP contribution in [0.1, 0.15) is 32.6 Å². The quantitative estimate of drug-likeness (QED) is 0.459. The van der Waals surface area contributed by atoms with Gasteiger partial charge in [-0.2, -0.15) is 4.31 Å². The van der Waals surface area contributed by atoms with E-state index in [-0.39, 0.29) is 36.0 Å². The molecule has 1 aliphatic heterocycles. The highest BCUT2D eigenvalue weighted by Gasteiger charge is 2.51. The predicted molar refractivity (Wildman–Crippen MR) is 133 cm³/mol. The molecule has 1 aromatic carbocycles. The zero-order valence-electron chi connectivity index (χ0n) is 20.3. The molecule has 2 aromatic rings. The number of benzene rings is 1. The van der Waals surface area contributed by atoms with Crippen molar-refractivity contribution in [2.24, 2.45) is 5.41 Å². The number of nitrogens with zero attached hydrogens (tertiary/aromatic N) is 3. The average molecular weight is 542 g/mol. The predicted octanol–water partition coefficient (Wildman–Crippen LogP) is 4.62. The molecule has 0 spiro atoms. The van der Waals surface area contributed by atoms with Crippen molar-refractivity contribution in [1.82, 2.24) is 9.29 Å². The Labute approximate surface area is 213 Å². The first-order chi connectivity index (χ1) is 16.9. The van der Waals surface area contributed by atoms with Gasteiger partial charge in [0, 0.05) is 37.8 Å². The normalized spacial score (nSPS) is 20.9. The Morgan fingerprint density at radius 2 is 1.97 bits per heavy atom. The maximum absolute atomic E-state index is 13.7. The van der Waals surface area contributed by atoms with Crippen molar-refractivity contribution in [3.05, 3.63) is 36.4 Å². The van der Waals surface area contributed by atoms with Crippen molar-refractivity contribution in [1.29, 1.82) is 0 Å². The van der Waals surface area contributed by atoms with E-state index in [1.807, 2.05) is 18.2 Å². The SMILES string of the molecule is CSc1nc2c(cc1OCC1(C(=O)O)CC1)S(=O)(=O)N(C)[C@H](CCC(C)(F)F)CN2c1ccccc1. The second-order valence-electron chi connectivity index (χ2n) is 9.42. The van der Waals surface area contributed by atoms with Crippen molar-refractivity contribution in [3.63, 3.8) is 0 Å². The van der Waals surface area contributed by atoms with Gasteiger partial charge in [0.2, 0.25) is 15.9 Å². The van der Waals surface area contributed by atoms with E-state index in [1.54, 1.807) is 23.3 Å². The molecular formula is C24H29F2N3O5S2. The lowest BCUT2D eigenvalue weighted by atomic mass is 10.1. The number of thioether (sulfide) groups is 1. The van der Waals surface area contributed by atoms with E-state index >= 15 is 0 Å². The summed E-state index contributed by atoms with van der Waals surface area (Å²) in [5, 5.41) is 9.90. The Morgan fingerprint density at radius 3 is 2.53 bits per heavy atom. The summed E-state index contributed by atoms with van der Waals surface area (Å²) in [6.45, 7) is 0.858. The summed E-state index contributed by atoms with van der Waals surface area (Å²) in [5.74, 6) is -3.53. The van der Waals surface area contributed by atoms with Crippen LogP contribution < -0.4 is 9.64 Å². The lowest BCUT2D eigenvalue weighted by Gasteiger charge is -2.29. The molecule has 2 aliphatic rings. The molecular weight excluding hydrogens is 512 g/mol. The minimum atomic E-state index is -4.14. The van der Waals surface area contributed by atoms with Crippen molar-refractivity contribution >= 4 is 39.3 Å². The van der Waals surface area contributed by atoms with Gasteiger partial charge in [0.05, 0.1) is 0 Å². The molecule has 4 rings (SSSR count). The highest BCUT2D eigenvalue weighted by atomic mass is 32.2. The average Bonchev–Trinajstić information content (AvgIpc) is 3.63. The molecule has 0 amide bonds. The zero-order chi connectivity index (χ0) is 26.3. The van der Waals surface area contributed by atoms with Crippen LogP contribution in [0, 0.1) is 5.41 Å². The molecule has 196 valence electrons. The van der Waals surface area contributed by atoms with E-state index in [0.717, 1.165) is 11.2 Å². The standard InChI is InChI=1S/C24H29F2N3O5S2/c1-23(25,26)10-9-17-14-29(16-7-5-4-6-8-16)20-19(36(32,33)28(17)2)13-18(21(27-20)35-3)34-15-24(11-12-24)22(30)31/h4-8,13,17H,9-12,14-15H2,1-3H3,(H,30,31)/t17-/m1/s1. The van der Waals surface area contributed by atoms with Crippen LogP contribution in [0.25, 0.3) is 0 Å². The second kappa shape index (κ2) is 9.79. The summed E-state index contributed by atoms with van der Waals surface area (Å²) < 4.78 is 61.9. The number of hydrogen-bond donors (Lipinski definition) is 1. The molecule has 1 atom stereocenters. The van der Waals surface area contributed by atoms with Gasteiger partial charge in [0.15, 0.2) is 11.6 Å². The Morgan fingerprint density at radius 1 is 1.31 bits per heavy atom. The Hall–Kier alpha value is -2.44. The maximum Gasteiger partial charge on any atom is 0.313 e. The molecule has 0 saturated heterocycles. The van der Waals surface area contributed by atoms with E-state index in [4.69, 9.17) is 4.74 Å². The van der Waals surface area contributed by atoms with Gasteiger partial charge in [0.25, 0.3) is 0 Å². The van der Waals surface area contributed by atoms with Crippen LogP contribution in [0.3, 0.4) is 0 Å². The Kier molecular flexibility index (Phi) is 7.24. The minimum Gasteiger partial charge on any atom is -0.490 e. The number of ether oxygens (including phenoxy) is 1. The van der Waals surface area contributed by atoms with Gasteiger partial charge < -0.3 is 14.7 Å². The van der Waals surface area contributed by atoms with Crippen LogP contribution in [0.15, 0.2) is 46.3 Å². The number of carboxylic acids is 1. The number of sulfonamides is 1. The first-order valence-electron chi connectivity index (χ1n) is 11.5. The van der Waals surface area contributed by atoms with Gasteiger partial charge in [-0.3, -0.25) is 4.79 Å². The largest absolute Gasteiger partial charge is 0.490 e. The van der Waals surface area contributed by atoms with Crippen molar-refractivity contribution < 1.29 is 31.8 Å². The van der Waals surface area contributed by atoms with Gasteiger partial charge in [-0.15, -0.1) is 11.8 Å². The third kappa shape index (κ3) is 5.30. The molecule has 1 aromatic heterocycles. The van der Waals surface area contributed by atoms with E-state index in [1.165, 1.54) is 24.9 Å². The summed E-state index contributed by atoms with van der Waals surface area (Å²) in [6.07, 6.45) is 2.23. The van der Waals surface area contributed by atoms with Crippen LogP contribution in [-0.2, 0) is 14.8 Å². The third-order valence-corrected chi connectivity index (χ3v) is 9.30. The molecule has 0 radical (unpaired) electrons. The molecule has 1 N–H and O–H groups in total. The van der Waals surface area contributed by atoms with Crippen LogP contribution >= 0.6 is 11.8 Å².